The molecule has 0 aliphatic rings. The molecule has 0 radical (unpaired) electrons. The van der Waals surface area contributed by atoms with E-state index in [2.05, 4.69) is 15.3 Å². The zero-order chi connectivity index (χ0) is 30.2. The third kappa shape index (κ3) is 7.21. The van der Waals surface area contributed by atoms with Crippen molar-refractivity contribution in [3.8, 4) is 28.4 Å². The lowest BCUT2D eigenvalue weighted by molar-refractivity contribution is -0.384. The number of non-ortho nitro benzene ring substituents is 1. The van der Waals surface area contributed by atoms with Crippen molar-refractivity contribution in [3.05, 3.63) is 82.0 Å². The van der Waals surface area contributed by atoms with Gasteiger partial charge in [0.05, 0.1) is 30.6 Å². The molecule has 0 spiro atoms. The number of aromatic nitrogens is 2. The van der Waals surface area contributed by atoms with Gasteiger partial charge in [0, 0.05) is 48.1 Å². The van der Waals surface area contributed by atoms with E-state index >= 15 is 0 Å². The van der Waals surface area contributed by atoms with Crippen LogP contribution in [0.15, 0.2) is 65.7 Å². The van der Waals surface area contributed by atoms with Crippen molar-refractivity contribution in [3.63, 3.8) is 0 Å². The summed E-state index contributed by atoms with van der Waals surface area (Å²) in [4.78, 5) is 18.8. The Balaban J connectivity index is 1.43. The van der Waals surface area contributed by atoms with Crippen LogP contribution in [0.4, 0.5) is 23.1 Å². The zero-order valence-electron chi connectivity index (χ0n) is 22.9. The second-order valence-electron chi connectivity index (χ2n) is 9.03. The van der Waals surface area contributed by atoms with Crippen molar-refractivity contribution in [2.75, 3.05) is 44.2 Å². The van der Waals surface area contributed by atoms with Gasteiger partial charge < -0.3 is 35.5 Å². The van der Waals surface area contributed by atoms with E-state index in [9.17, 15) is 18.9 Å². The highest BCUT2D eigenvalue weighted by atomic mass is 32.2. The Morgan fingerprint density at radius 2 is 1.74 bits per heavy atom. The number of nitrogens with two attached hydrogens (primary N) is 2. The molecule has 0 bridgehead atoms. The lowest BCUT2D eigenvalue weighted by Gasteiger charge is -2.17. The number of nitro groups is 1. The average molecular weight is 595 g/mol. The fourth-order valence-corrected chi connectivity index (χ4v) is 4.63. The number of hydrogen-bond acceptors (Lipinski definition) is 11. The van der Waals surface area contributed by atoms with Gasteiger partial charge in [-0.15, -0.1) is 0 Å². The van der Waals surface area contributed by atoms with Crippen LogP contribution in [-0.4, -0.2) is 51.0 Å². The van der Waals surface area contributed by atoms with Crippen LogP contribution < -0.4 is 31.0 Å². The summed E-state index contributed by atoms with van der Waals surface area (Å²) in [6.45, 7) is 0.824. The molecule has 14 heteroatoms. The number of ether oxygens (including phenoxy) is 3. The molecular formula is C28H30N6O7S. The van der Waals surface area contributed by atoms with Crippen LogP contribution in [0.5, 0.6) is 17.2 Å². The third-order valence-electron chi connectivity index (χ3n) is 6.30. The lowest BCUT2D eigenvalue weighted by Crippen LogP contribution is -2.09. The summed E-state index contributed by atoms with van der Waals surface area (Å²) in [5.74, 6) is 1.82. The number of benzene rings is 3. The van der Waals surface area contributed by atoms with E-state index in [4.69, 9.17) is 25.7 Å². The molecule has 1 heterocycles. The number of nitrogens with one attached hydrogen (secondary N) is 1. The molecule has 0 aliphatic heterocycles. The summed E-state index contributed by atoms with van der Waals surface area (Å²) in [6.07, 6.45) is 2.60. The first kappa shape index (κ1) is 30.0. The van der Waals surface area contributed by atoms with Crippen LogP contribution in [0.25, 0.3) is 11.1 Å². The van der Waals surface area contributed by atoms with Crippen LogP contribution in [0.1, 0.15) is 17.5 Å². The molecule has 0 saturated carbocycles. The van der Waals surface area contributed by atoms with E-state index in [1.165, 1.54) is 26.4 Å². The monoisotopic (exact) mass is 594 g/mol. The topological polar surface area (TPSA) is 198 Å². The van der Waals surface area contributed by atoms with Crippen LogP contribution in [-0.2, 0) is 17.5 Å². The van der Waals surface area contributed by atoms with Crippen molar-refractivity contribution in [2.24, 2.45) is 0 Å². The van der Waals surface area contributed by atoms with Crippen LogP contribution >= 0.6 is 0 Å². The maximum absolute atomic E-state index is 11.7. The highest BCUT2D eigenvalue weighted by Gasteiger charge is 2.16. The molecule has 0 saturated heterocycles. The van der Waals surface area contributed by atoms with E-state index in [1.807, 2.05) is 12.1 Å². The molecule has 3 aromatic carbocycles. The van der Waals surface area contributed by atoms with Crippen molar-refractivity contribution >= 4 is 34.2 Å². The summed E-state index contributed by atoms with van der Waals surface area (Å²) in [5, 5.41) is 14.4. The number of nitrogen functional groups attached to an aromatic ring is 2. The average Bonchev–Trinajstić information content (AvgIpc) is 2.98. The molecule has 4 aromatic rings. The normalized spacial score (nSPS) is 11.5. The molecule has 13 nitrogen and oxygen atoms in total. The summed E-state index contributed by atoms with van der Waals surface area (Å²) in [5.41, 5.74) is 15.1. The summed E-state index contributed by atoms with van der Waals surface area (Å²) < 4.78 is 38.4. The van der Waals surface area contributed by atoms with E-state index < -0.39 is 16.0 Å². The van der Waals surface area contributed by atoms with Gasteiger partial charge in [-0.1, -0.05) is 0 Å². The minimum absolute atomic E-state index is 0.0467. The Kier molecular flexibility index (Phi) is 9.73. The number of hydrogen-bond donors (Lipinski definition) is 4. The van der Waals surface area contributed by atoms with Gasteiger partial charge in [0.1, 0.15) is 5.82 Å². The molecule has 1 atom stereocenters. The Morgan fingerprint density at radius 3 is 2.33 bits per heavy atom. The highest BCUT2D eigenvalue weighted by Crippen LogP contribution is 2.39. The van der Waals surface area contributed by atoms with Crippen molar-refractivity contribution in [1.29, 1.82) is 0 Å². The summed E-state index contributed by atoms with van der Waals surface area (Å²) in [7, 11) is 3.08. The van der Waals surface area contributed by atoms with Crippen LogP contribution in [0.2, 0.25) is 0 Å². The van der Waals surface area contributed by atoms with Gasteiger partial charge in [0.25, 0.3) is 5.69 Å². The SMILES string of the molecule is COc1cc(Cc2cnc(N)nc2N)cc(OC)c1OCCCNc1ccc(S(=O)O)cc1-c1ccc([N+](=O)[O-])cc1. The van der Waals surface area contributed by atoms with Crippen molar-refractivity contribution < 1.29 is 27.9 Å². The zero-order valence-corrected chi connectivity index (χ0v) is 23.7. The molecule has 42 heavy (non-hydrogen) atoms. The molecule has 4 rings (SSSR count). The maximum Gasteiger partial charge on any atom is 0.269 e. The number of anilines is 3. The van der Waals surface area contributed by atoms with Gasteiger partial charge in [-0.3, -0.25) is 10.1 Å². The van der Waals surface area contributed by atoms with Crippen molar-refractivity contribution in [2.45, 2.75) is 17.7 Å². The predicted octanol–water partition coefficient (Wildman–Crippen LogP) is 4.29. The molecule has 0 aliphatic carbocycles. The van der Waals surface area contributed by atoms with E-state index in [0.717, 1.165) is 5.56 Å². The minimum atomic E-state index is -2.18. The molecular weight excluding hydrogens is 564 g/mol. The molecule has 1 unspecified atom stereocenters. The van der Waals surface area contributed by atoms with Gasteiger partial charge in [-0.2, -0.15) is 4.98 Å². The molecule has 6 N–H and O–H groups in total. The smallest absolute Gasteiger partial charge is 0.269 e. The van der Waals surface area contributed by atoms with Gasteiger partial charge in [0.2, 0.25) is 11.7 Å². The maximum atomic E-state index is 11.7. The van der Waals surface area contributed by atoms with E-state index in [0.29, 0.717) is 71.4 Å². The Morgan fingerprint density at radius 1 is 1.05 bits per heavy atom. The summed E-state index contributed by atoms with van der Waals surface area (Å²) in [6, 6.07) is 14.5. The number of nitrogens with zero attached hydrogens (tertiary/aromatic N) is 3. The van der Waals surface area contributed by atoms with Crippen LogP contribution in [0.3, 0.4) is 0 Å². The molecule has 1 aromatic heterocycles. The largest absolute Gasteiger partial charge is 0.493 e. The predicted molar refractivity (Wildman–Crippen MR) is 159 cm³/mol. The van der Waals surface area contributed by atoms with Gasteiger partial charge in [-0.05, 0) is 60.0 Å². The quantitative estimate of drug-likeness (QED) is 0.0742. The number of methoxy groups -OCH3 is 2. The Hall–Kier alpha value is -4.95. The molecule has 0 amide bonds. The first-order chi connectivity index (χ1) is 20.2. The standard InChI is InChI=1S/C28H30N6O7S/c1-39-24-13-17(12-19-16-32-28(30)33-27(19)29)14-25(40-2)26(24)41-11-3-10-31-23-9-8-21(42(37)38)15-22(23)18-4-6-20(7-5-18)34(35)36/h4-9,13-16,31H,3,10-12H2,1-2H3,(H,37,38)(H4,29,30,32,33). The minimum Gasteiger partial charge on any atom is -0.493 e. The van der Waals surface area contributed by atoms with E-state index in [1.54, 1.807) is 36.5 Å². The highest BCUT2D eigenvalue weighted by molar-refractivity contribution is 7.79. The number of rotatable bonds is 13. The fourth-order valence-electron chi connectivity index (χ4n) is 4.23. The first-order valence-electron chi connectivity index (χ1n) is 12.7. The second kappa shape index (κ2) is 13.6. The fraction of sp³-hybridized carbons (Fsp3) is 0.214. The Labute approximate surface area is 244 Å². The van der Waals surface area contributed by atoms with Gasteiger partial charge >= 0.3 is 0 Å². The van der Waals surface area contributed by atoms with E-state index in [-0.39, 0.29) is 16.5 Å². The summed E-state index contributed by atoms with van der Waals surface area (Å²) >= 11 is -2.18. The van der Waals surface area contributed by atoms with Crippen molar-refractivity contribution in [1.82, 2.24) is 9.97 Å². The van der Waals surface area contributed by atoms with Gasteiger partial charge in [-0.25, -0.2) is 9.19 Å². The van der Waals surface area contributed by atoms with Gasteiger partial charge in [0.15, 0.2) is 22.6 Å². The number of nitro benzene ring substituents is 1. The Bertz CT molecular complexity index is 1580. The second-order valence-corrected chi connectivity index (χ2v) is 10.0. The molecule has 0 fully saturated rings. The first-order valence-corrected chi connectivity index (χ1v) is 13.8. The third-order valence-corrected chi connectivity index (χ3v) is 6.95. The lowest BCUT2D eigenvalue weighted by atomic mass is 10.0. The van der Waals surface area contributed by atoms with Crippen LogP contribution in [0, 0.1) is 10.1 Å². The molecule has 220 valence electrons.